The summed E-state index contributed by atoms with van der Waals surface area (Å²) >= 11 is 5.76. The fraction of sp³-hybridized carbons (Fsp3) is 0.0769. The fourth-order valence-electron chi connectivity index (χ4n) is 1.61. The summed E-state index contributed by atoms with van der Waals surface area (Å²) in [5.74, 6) is -1.54. The lowest BCUT2D eigenvalue weighted by atomic mass is 10.2. The zero-order chi connectivity index (χ0) is 15.6. The average Bonchev–Trinajstić information content (AvgIpc) is 2.40. The van der Waals surface area contributed by atoms with E-state index in [0.29, 0.717) is 5.56 Å². The van der Waals surface area contributed by atoms with Crippen molar-refractivity contribution in [2.75, 3.05) is 0 Å². The highest BCUT2D eigenvalue weighted by Gasteiger charge is 2.18. The quantitative estimate of drug-likeness (QED) is 0.777. The molecule has 112 valence electrons. The van der Waals surface area contributed by atoms with Crippen LogP contribution >= 0.6 is 22.3 Å². The van der Waals surface area contributed by atoms with Gasteiger partial charge in [0.2, 0.25) is 0 Å². The molecule has 0 heterocycles. The van der Waals surface area contributed by atoms with Crippen LogP contribution in [0.2, 0.25) is 5.02 Å². The van der Waals surface area contributed by atoms with Crippen molar-refractivity contribution in [2.24, 2.45) is 0 Å². The van der Waals surface area contributed by atoms with E-state index >= 15 is 0 Å². The van der Waals surface area contributed by atoms with Crippen LogP contribution in [-0.4, -0.2) is 8.42 Å². The van der Waals surface area contributed by atoms with E-state index < -0.39 is 25.6 Å². The van der Waals surface area contributed by atoms with Crippen LogP contribution in [0.15, 0.2) is 41.3 Å². The molecule has 2 aromatic rings. The molecular weight excluding hydrogens is 345 g/mol. The monoisotopic (exact) mass is 352 g/mol. The Morgan fingerprint density at radius 1 is 1.14 bits per heavy atom. The number of hydrogen-bond donors (Lipinski definition) is 0. The zero-order valence-electron chi connectivity index (χ0n) is 10.3. The highest BCUT2D eigenvalue weighted by atomic mass is 35.7. The van der Waals surface area contributed by atoms with Crippen LogP contribution in [0.4, 0.5) is 8.78 Å². The lowest BCUT2D eigenvalue weighted by Gasteiger charge is -2.11. The highest BCUT2D eigenvalue weighted by Crippen LogP contribution is 2.29. The van der Waals surface area contributed by atoms with Crippen LogP contribution in [0.5, 0.6) is 5.75 Å². The number of rotatable bonds is 4. The Bertz CT molecular complexity index is 779. The average molecular weight is 353 g/mol. The van der Waals surface area contributed by atoms with Crippen molar-refractivity contribution in [3.63, 3.8) is 0 Å². The number of hydrogen-bond acceptors (Lipinski definition) is 3. The maximum atomic E-state index is 13.3. The second-order valence-electron chi connectivity index (χ2n) is 4.03. The molecule has 0 atom stereocenters. The summed E-state index contributed by atoms with van der Waals surface area (Å²) in [5, 5.41) is -0.130. The summed E-state index contributed by atoms with van der Waals surface area (Å²) in [6.45, 7) is -0.193. The van der Waals surface area contributed by atoms with Gasteiger partial charge >= 0.3 is 0 Å². The molecule has 0 fully saturated rings. The lowest BCUT2D eigenvalue weighted by molar-refractivity contribution is 0.297. The first kappa shape index (κ1) is 16.0. The van der Waals surface area contributed by atoms with Crippen molar-refractivity contribution in [1.82, 2.24) is 0 Å². The minimum atomic E-state index is -4.18. The van der Waals surface area contributed by atoms with Gasteiger partial charge in [-0.2, -0.15) is 0 Å². The summed E-state index contributed by atoms with van der Waals surface area (Å²) < 4.78 is 54.4. The third-order valence-electron chi connectivity index (χ3n) is 2.58. The molecule has 0 aliphatic heterocycles. The van der Waals surface area contributed by atoms with Crippen molar-refractivity contribution in [1.29, 1.82) is 0 Å². The van der Waals surface area contributed by atoms with Gasteiger partial charge in [0.05, 0.1) is 5.02 Å². The predicted molar refractivity (Wildman–Crippen MR) is 75.2 cm³/mol. The molecule has 0 aliphatic carbocycles. The normalized spacial score (nSPS) is 11.4. The maximum absolute atomic E-state index is 13.3. The van der Waals surface area contributed by atoms with E-state index in [1.165, 1.54) is 18.2 Å². The first-order valence-corrected chi connectivity index (χ1v) is 8.27. The summed E-state index contributed by atoms with van der Waals surface area (Å²) in [6, 6.07) is 7.02. The molecule has 0 aliphatic rings. The topological polar surface area (TPSA) is 43.4 Å². The van der Waals surface area contributed by atoms with Crippen molar-refractivity contribution < 1.29 is 21.9 Å². The molecule has 2 aromatic carbocycles. The van der Waals surface area contributed by atoms with Gasteiger partial charge in [-0.05, 0) is 24.3 Å². The van der Waals surface area contributed by atoms with E-state index in [1.807, 2.05) is 0 Å². The van der Waals surface area contributed by atoms with Crippen LogP contribution in [0.25, 0.3) is 0 Å². The molecule has 21 heavy (non-hydrogen) atoms. The van der Waals surface area contributed by atoms with Gasteiger partial charge in [-0.3, -0.25) is 0 Å². The molecule has 0 saturated carbocycles. The molecule has 0 radical (unpaired) electrons. The number of benzene rings is 2. The van der Waals surface area contributed by atoms with Crippen molar-refractivity contribution >= 4 is 31.3 Å². The predicted octanol–water partition coefficient (Wildman–Crippen LogP) is 4.12. The number of ether oxygens (including phenoxy) is 1. The van der Waals surface area contributed by atoms with Gasteiger partial charge in [0.15, 0.2) is 0 Å². The third-order valence-corrected chi connectivity index (χ3v) is 4.35. The summed E-state index contributed by atoms with van der Waals surface area (Å²) in [7, 11) is 1.03. The smallest absolute Gasteiger partial charge is 0.265 e. The molecule has 0 bridgehead atoms. The van der Waals surface area contributed by atoms with Gasteiger partial charge < -0.3 is 4.74 Å². The Balaban J connectivity index is 2.31. The van der Waals surface area contributed by atoms with E-state index in [-0.39, 0.29) is 17.4 Å². The summed E-state index contributed by atoms with van der Waals surface area (Å²) in [5.41, 5.74) is 0.318. The molecule has 0 N–H and O–H groups in total. The van der Waals surface area contributed by atoms with Crippen LogP contribution in [0, 0.1) is 11.6 Å². The van der Waals surface area contributed by atoms with E-state index in [0.717, 1.165) is 18.2 Å². The molecule has 0 spiro atoms. The Labute approximate surface area is 129 Å². The molecular formula is C13H8Cl2F2O3S. The first-order valence-electron chi connectivity index (χ1n) is 5.59. The van der Waals surface area contributed by atoms with Gasteiger partial charge in [-0.15, -0.1) is 0 Å². The molecule has 8 heteroatoms. The van der Waals surface area contributed by atoms with Crippen LogP contribution in [-0.2, 0) is 15.7 Å². The van der Waals surface area contributed by atoms with E-state index in [9.17, 15) is 17.2 Å². The van der Waals surface area contributed by atoms with Gasteiger partial charge in [-0.1, -0.05) is 23.7 Å². The highest BCUT2D eigenvalue weighted by molar-refractivity contribution is 8.13. The Hall–Kier alpha value is -1.37. The zero-order valence-corrected chi connectivity index (χ0v) is 12.6. The fourth-order valence-corrected chi connectivity index (χ4v) is 2.77. The summed E-state index contributed by atoms with van der Waals surface area (Å²) in [4.78, 5) is -0.503. The summed E-state index contributed by atoms with van der Waals surface area (Å²) in [6.07, 6.45) is 0. The van der Waals surface area contributed by atoms with Gasteiger partial charge in [0.1, 0.15) is 28.9 Å². The van der Waals surface area contributed by atoms with Crippen LogP contribution in [0.3, 0.4) is 0 Å². The first-order chi connectivity index (χ1) is 9.79. The molecule has 0 unspecified atom stereocenters. The molecule has 0 saturated heterocycles. The Kier molecular flexibility index (Phi) is 4.70. The Morgan fingerprint density at radius 2 is 1.86 bits per heavy atom. The standard InChI is InChI=1S/C13H8Cl2F2O3S/c14-13-8(2-1-3-10(13)17)7-20-11-5-4-9(16)6-12(11)21(15,18)19/h1-6H,7H2. The maximum Gasteiger partial charge on any atom is 0.265 e. The van der Waals surface area contributed by atoms with Crippen molar-refractivity contribution in [3.8, 4) is 5.75 Å². The van der Waals surface area contributed by atoms with Crippen molar-refractivity contribution in [3.05, 3.63) is 58.6 Å². The second-order valence-corrected chi connectivity index (χ2v) is 6.94. The number of halogens is 4. The minimum Gasteiger partial charge on any atom is -0.487 e. The van der Waals surface area contributed by atoms with Crippen LogP contribution in [0.1, 0.15) is 5.56 Å². The SMILES string of the molecule is O=S(=O)(Cl)c1cc(F)ccc1OCc1cccc(F)c1Cl. The van der Waals surface area contributed by atoms with E-state index in [4.69, 9.17) is 27.0 Å². The molecule has 0 aromatic heterocycles. The van der Waals surface area contributed by atoms with Gasteiger partial charge in [-0.25, -0.2) is 17.2 Å². The molecule has 2 rings (SSSR count). The van der Waals surface area contributed by atoms with Gasteiger partial charge in [0, 0.05) is 16.2 Å². The minimum absolute atomic E-state index is 0.130. The second kappa shape index (κ2) is 6.17. The largest absolute Gasteiger partial charge is 0.487 e. The third kappa shape index (κ3) is 3.84. The van der Waals surface area contributed by atoms with E-state index in [1.54, 1.807) is 0 Å². The Morgan fingerprint density at radius 3 is 2.52 bits per heavy atom. The lowest BCUT2D eigenvalue weighted by Crippen LogP contribution is -2.02. The molecule has 0 amide bonds. The van der Waals surface area contributed by atoms with Crippen LogP contribution < -0.4 is 4.74 Å². The van der Waals surface area contributed by atoms with Crippen molar-refractivity contribution in [2.45, 2.75) is 11.5 Å². The van der Waals surface area contributed by atoms with Gasteiger partial charge in [0.25, 0.3) is 9.05 Å². The molecule has 3 nitrogen and oxygen atoms in total. The van der Waals surface area contributed by atoms with E-state index in [2.05, 4.69) is 0 Å².